The van der Waals surface area contributed by atoms with Crippen molar-refractivity contribution in [1.29, 1.82) is 0 Å². The predicted molar refractivity (Wildman–Crippen MR) is 75.6 cm³/mol. The Morgan fingerprint density at radius 1 is 1.17 bits per heavy atom. The van der Waals surface area contributed by atoms with E-state index in [-0.39, 0.29) is 5.54 Å². The number of likely N-dealkylation sites (tertiary alicyclic amines) is 1. The average molecular weight is 254 g/mol. The molecule has 0 aromatic carbocycles. The molecular weight excluding hydrogens is 224 g/mol. The van der Waals surface area contributed by atoms with Crippen LogP contribution in [-0.4, -0.2) is 41.8 Å². The average Bonchev–Trinajstić information content (AvgIpc) is 2.31. The summed E-state index contributed by atoms with van der Waals surface area (Å²) in [5, 5.41) is 0. The van der Waals surface area contributed by atoms with Crippen LogP contribution in [0.3, 0.4) is 0 Å². The Morgan fingerprint density at radius 2 is 1.78 bits per heavy atom. The van der Waals surface area contributed by atoms with Gasteiger partial charge in [0.1, 0.15) is 0 Å². The first-order valence-electron chi connectivity index (χ1n) is 7.61. The molecule has 2 aliphatic heterocycles. The van der Waals surface area contributed by atoms with E-state index in [1.807, 2.05) is 0 Å². The number of rotatable bonds is 2. The topological polar surface area (TPSA) is 38.5 Å². The molecule has 106 valence electrons. The van der Waals surface area contributed by atoms with Crippen molar-refractivity contribution in [2.24, 2.45) is 11.7 Å². The summed E-state index contributed by atoms with van der Waals surface area (Å²) >= 11 is 0. The monoisotopic (exact) mass is 254 g/mol. The summed E-state index contributed by atoms with van der Waals surface area (Å²) in [6, 6.07) is 0.653. The Balaban J connectivity index is 2.20. The highest BCUT2D eigenvalue weighted by atomic mass is 16.5. The minimum Gasteiger partial charge on any atom is -0.375 e. The molecule has 3 heteroatoms. The lowest BCUT2D eigenvalue weighted by molar-refractivity contribution is -0.122. The van der Waals surface area contributed by atoms with E-state index in [2.05, 4.69) is 32.6 Å². The van der Waals surface area contributed by atoms with Gasteiger partial charge in [-0.25, -0.2) is 0 Å². The van der Waals surface area contributed by atoms with Crippen molar-refractivity contribution >= 4 is 0 Å². The van der Waals surface area contributed by atoms with Gasteiger partial charge in [0, 0.05) is 18.1 Å². The lowest BCUT2D eigenvalue weighted by Gasteiger charge is -2.54. The molecule has 0 amide bonds. The van der Waals surface area contributed by atoms with Crippen LogP contribution in [0, 0.1) is 5.92 Å². The maximum Gasteiger partial charge on any atom is 0.0568 e. The van der Waals surface area contributed by atoms with Gasteiger partial charge in [-0.2, -0.15) is 0 Å². The van der Waals surface area contributed by atoms with Gasteiger partial charge in [-0.15, -0.1) is 0 Å². The highest BCUT2D eigenvalue weighted by molar-refractivity contribution is 5.01. The fourth-order valence-electron chi connectivity index (χ4n) is 4.17. The van der Waals surface area contributed by atoms with Gasteiger partial charge in [-0.1, -0.05) is 6.92 Å². The van der Waals surface area contributed by atoms with E-state index < -0.39 is 0 Å². The third-order valence-electron chi connectivity index (χ3n) is 5.16. The fourth-order valence-corrected chi connectivity index (χ4v) is 4.17. The zero-order valence-electron chi connectivity index (χ0n) is 12.5. The fraction of sp³-hybridized carbons (Fsp3) is 1.00. The SMILES string of the molecule is CC1CC(CN)(N2CCCC(C)C2C)CC(C)O1. The predicted octanol–water partition coefficient (Wildman–Crippen LogP) is 2.39. The van der Waals surface area contributed by atoms with Gasteiger partial charge in [0.15, 0.2) is 0 Å². The van der Waals surface area contributed by atoms with E-state index in [9.17, 15) is 0 Å². The Labute approximate surface area is 112 Å². The Kier molecular flexibility index (Phi) is 4.35. The van der Waals surface area contributed by atoms with Crippen LogP contribution in [0.4, 0.5) is 0 Å². The molecule has 2 N–H and O–H groups in total. The first-order chi connectivity index (χ1) is 8.48. The first-order valence-corrected chi connectivity index (χ1v) is 7.61. The third kappa shape index (κ3) is 2.59. The maximum absolute atomic E-state index is 6.20. The molecule has 2 heterocycles. The van der Waals surface area contributed by atoms with E-state index in [1.165, 1.54) is 19.4 Å². The molecule has 2 saturated heterocycles. The van der Waals surface area contributed by atoms with Gasteiger partial charge < -0.3 is 10.5 Å². The summed E-state index contributed by atoms with van der Waals surface area (Å²) in [5.74, 6) is 0.788. The molecule has 0 spiro atoms. The van der Waals surface area contributed by atoms with Crippen LogP contribution in [0.25, 0.3) is 0 Å². The molecule has 2 rings (SSSR count). The van der Waals surface area contributed by atoms with Crippen molar-refractivity contribution in [3.8, 4) is 0 Å². The van der Waals surface area contributed by atoms with Crippen molar-refractivity contribution < 1.29 is 4.74 Å². The van der Waals surface area contributed by atoms with Gasteiger partial charge in [0.2, 0.25) is 0 Å². The molecule has 0 aliphatic carbocycles. The second kappa shape index (κ2) is 5.48. The van der Waals surface area contributed by atoms with Gasteiger partial charge in [-0.05, 0) is 58.9 Å². The van der Waals surface area contributed by atoms with Crippen LogP contribution >= 0.6 is 0 Å². The summed E-state index contributed by atoms with van der Waals surface area (Å²) < 4.78 is 5.91. The van der Waals surface area contributed by atoms with Crippen LogP contribution in [0.5, 0.6) is 0 Å². The molecular formula is C15H30N2O. The molecule has 0 saturated carbocycles. The van der Waals surface area contributed by atoms with Crippen LogP contribution in [0.2, 0.25) is 0 Å². The van der Waals surface area contributed by atoms with E-state index in [0.29, 0.717) is 18.2 Å². The maximum atomic E-state index is 6.20. The lowest BCUT2D eigenvalue weighted by atomic mass is 9.78. The van der Waals surface area contributed by atoms with Crippen LogP contribution in [0.1, 0.15) is 53.4 Å². The second-order valence-corrected chi connectivity index (χ2v) is 6.65. The highest BCUT2D eigenvalue weighted by Gasteiger charge is 2.45. The van der Waals surface area contributed by atoms with Crippen LogP contribution < -0.4 is 5.73 Å². The zero-order valence-corrected chi connectivity index (χ0v) is 12.5. The number of ether oxygens (including phenoxy) is 1. The van der Waals surface area contributed by atoms with Crippen molar-refractivity contribution in [2.45, 2.75) is 77.2 Å². The van der Waals surface area contributed by atoms with Crippen molar-refractivity contribution in [2.75, 3.05) is 13.1 Å². The summed E-state index contributed by atoms with van der Waals surface area (Å²) in [6.07, 6.45) is 5.52. The molecule has 2 aliphatic rings. The number of hydrogen-bond donors (Lipinski definition) is 1. The van der Waals surface area contributed by atoms with Crippen LogP contribution in [0.15, 0.2) is 0 Å². The van der Waals surface area contributed by atoms with Crippen LogP contribution in [-0.2, 0) is 4.74 Å². The minimum absolute atomic E-state index is 0.172. The quantitative estimate of drug-likeness (QED) is 0.822. The second-order valence-electron chi connectivity index (χ2n) is 6.65. The molecule has 3 nitrogen and oxygen atoms in total. The van der Waals surface area contributed by atoms with E-state index >= 15 is 0 Å². The van der Waals surface area contributed by atoms with E-state index in [0.717, 1.165) is 25.3 Å². The molecule has 0 aromatic heterocycles. The van der Waals surface area contributed by atoms with Gasteiger partial charge >= 0.3 is 0 Å². The van der Waals surface area contributed by atoms with Crippen molar-refractivity contribution in [3.63, 3.8) is 0 Å². The molecule has 0 bridgehead atoms. The smallest absolute Gasteiger partial charge is 0.0568 e. The van der Waals surface area contributed by atoms with E-state index in [4.69, 9.17) is 10.5 Å². The molecule has 4 atom stereocenters. The number of nitrogens with two attached hydrogens (primary N) is 1. The molecule has 0 radical (unpaired) electrons. The lowest BCUT2D eigenvalue weighted by Crippen LogP contribution is -2.64. The number of nitrogens with zero attached hydrogens (tertiary/aromatic N) is 1. The van der Waals surface area contributed by atoms with Gasteiger partial charge in [0.25, 0.3) is 0 Å². The largest absolute Gasteiger partial charge is 0.375 e. The Bertz CT molecular complexity index is 272. The molecule has 18 heavy (non-hydrogen) atoms. The highest BCUT2D eigenvalue weighted by Crippen LogP contribution is 2.38. The summed E-state index contributed by atoms with van der Waals surface area (Å²) in [6.45, 7) is 11.1. The summed E-state index contributed by atoms with van der Waals surface area (Å²) in [4.78, 5) is 2.71. The van der Waals surface area contributed by atoms with Gasteiger partial charge in [-0.3, -0.25) is 4.90 Å². The summed E-state index contributed by atoms with van der Waals surface area (Å²) in [5.41, 5.74) is 6.38. The Hall–Kier alpha value is -0.120. The zero-order chi connectivity index (χ0) is 13.3. The molecule has 0 aromatic rings. The number of piperidine rings is 1. The van der Waals surface area contributed by atoms with Crippen molar-refractivity contribution in [3.05, 3.63) is 0 Å². The molecule has 2 fully saturated rings. The normalized spacial score (nSPS) is 47.2. The van der Waals surface area contributed by atoms with Crippen molar-refractivity contribution in [1.82, 2.24) is 4.90 Å². The standard InChI is InChI=1S/C15H30N2O/c1-11-6-5-7-17(14(11)4)15(10-16)8-12(2)18-13(3)9-15/h11-14H,5-10,16H2,1-4H3. The van der Waals surface area contributed by atoms with Gasteiger partial charge in [0.05, 0.1) is 12.2 Å². The summed E-state index contributed by atoms with van der Waals surface area (Å²) in [7, 11) is 0. The van der Waals surface area contributed by atoms with E-state index in [1.54, 1.807) is 0 Å². The minimum atomic E-state index is 0.172. The third-order valence-corrected chi connectivity index (χ3v) is 5.16. The first kappa shape index (κ1) is 14.3. The molecule has 4 unspecified atom stereocenters. The Morgan fingerprint density at radius 3 is 2.33 bits per heavy atom. The number of hydrogen-bond acceptors (Lipinski definition) is 3.